The van der Waals surface area contributed by atoms with Gasteiger partial charge in [0.25, 0.3) is 0 Å². The molecule has 0 spiro atoms. The number of methoxy groups -OCH3 is 1. The van der Waals surface area contributed by atoms with Gasteiger partial charge in [0.15, 0.2) is 5.78 Å². The molecule has 0 bridgehead atoms. The molecule has 2 aromatic heterocycles. The fourth-order valence-corrected chi connectivity index (χ4v) is 3.55. The molecular formula is C21H24N4O3. The Hall–Kier alpha value is -2.93. The number of anilines is 1. The highest BCUT2D eigenvalue weighted by molar-refractivity contribution is 6.02. The molecule has 0 saturated heterocycles. The maximum Gasteiger partial charge on any atom is 0.224 e. The molecule has 3 aromatic rings. The van der Waals surface area contributed by atoms with Gasteiger partial charge in [-0.15, -0.1) is 0 Å². The average molecular weight is 380 g/mol. The molecule has 7 nitrogen and oxygen atoms in total. The van der Waals surface area contributed by atoms with Gasteiger partial charge < -0.3 is 19.8 Å². The van der Waals surface area contributed by atoms with Gasteiger partial charge in [-0.25, -0.2) is 4.98 Å². The van der Waals surface area contributed by atoms with E-state index in [0.717, 1.165) is 22.2 Å². The molecule has 7 heteroatoms. The summed E-state index contributed by atoms with van der Waals surface area (Å²) in [6.07, 6.45) is 4.09. The number of benzene rings is 1. The number of hydrogen-bond acceptors (Lipinski definition) is 6. The monoisotopic (exact) mass is 380 g/mol. The number of hydrogen-bond donors (Lipinski definition) is 2. The van der Waals surface area contributed by atoms with Gasteiger partial charge in [-0.05, 0) is 38.5 Å². The van der Waals surface area contributed by atoms with Gasteiger partial charge in [0, 0.05) is 36.5 Å². The lowest BCUT2D eigenvalue weighted by Crippen LogP contribution is -2.35. The minimum absolute atomic E-state index is 0.107. The van der Waals surface area contributed by atoms with Crippen molar-refractivity contribution in [1.82, 2.24) is 15.0 Å². The topological polar surface area (TPSA) is 89.1 Å². The molecule has 1 atom stereocenters. The van der Waals surface area contributed by atoms with E-state index < -0.39 is 5.60 Å². The predicted molar refractivity (Wildman–Crippen MR) is 108 cm³/mol. The van der Waals surface area contributed by atoms with Crippen LogP contribution >= 0.6 is 0 Å². The molecule has 0 unspecified atom stereocenters. The molecule has 0 aliphatic carbocycles. The van der Waals surface area contributed by atoms with E-state index in [0.29, 0.717) is 30.3 Å². The van der Waals surface area contributed by atoms with Gasteiger partial charge in [0.1, 0.15) is 17.0 Å². The van der Waals surface area contributed by atoms with Gasteiger partial charge in [-0.3, -0.25) is 4.79 Å². The molecule has 0 radical (unpaired) electrons. The van der Waals surface area contributed by atoms with Gasteiger partial charge in [0.05, 0.1) is 18.6 Å². The number of aromatic nitrogens is 3. The number of fused-ring (bicyclic) bond motifs is 2. The predicted octanol–water partition coefficient (Wildman–Crippen LogP) is 3.82. The molecule has 28 heavy (non-hydrogen) atoms. The molecule has 1 aliphatic rings. The van der Waals surface area contributed by atoms with Crippen LogP contribution in [0.25, 0.3) is 22.2 Å². The van der Waals surface area contributed by atoms with Crippen LogP contribution in [-0.2, 0) is 4.74 Å². The number of Topliss-reactive ketones (excluding diaryl/α,β-unsaturated/α-hetero) is 1. The van der Waals surface area contributed by atoms with Crippen molar-refractivity contribution in [2.45, 2.75) is 38.8 Å². The SMILES string of the molecule is COC[C@H](C)Nc1ncc2c(-c3ccc4c(c3)OC(C)(C)CC4=O)c[nH]c2n1. The van der Waals surface area contributed by atoms with Crippen molar-refractivity contribution < 1.29 is 14.3 Å². The van der Waals surface area contributed by atoms with Gasteiger partial charge in [-0.2, -0.15) is 4.98 Å². The van der Waals surface area contributed by atoms with Crippen LogP contribution in [0.4, 0.5) is 5.95 Å². The van der Waals surface area contributed by atoms with E-state index in [1.54, 1.807) is 13.3 Å². The summed E-state index contributed by atoms with van der Waals surface area (Å²) in [5.74, 6) is 1.29. The number of nitrogens with zero attached hydrogens (tertiary/aromatic N) is 2. The van der Waals surface area contributed by atoms with E-state index >= 15 is 0 Å². The van der Waals surface area contributed by atoms with Crippen LogP contribution in [0.15, 0.2) is 30.6 Å². The third-order valence-corrected chi connectivity index (χ3v) is 4.79. The van der Waals surface area contributed by atoms with Gasteiger partial charge in [-0.1, -0.05) is 6.07 Å². The molecule has 0 saturated carbocycles. The van der Waals surface area contributed by atoms with Crippen molar-refractivity contribution in [3.63, 3.8) is 0 Å². The molecule has 1 aliphatic heterocycles. The van der Waals surface area contributed by atoms with Crippen molar-refractivity contribution in [2.75, 3.05) is 19.0 Å². The number of carbonyl (C=O) groups is 1. The van der Waals surface area contributed by atoms with Crippen LogP contribution in [0.2, 0.25) is 0 Å². The zero-order valence-electron chi connectivity index (χ0n) is 16.5. The summed E-state index contributed by atoms with van der Waals surface area (Å²) in [4.78, 5) is 24.5. The number of H-pyrrole nitrogens is 1. The number of aromatic amines is 1. The molecule has 3 heterocycles. The van der Waals surface area contributed by atoms with Crippen LogP contribution in [0, 0.1) is 0 Å². The third-order valence-electron chi connectivity index (χ3n) is 4.79. The van der Waals surface area contributed by atoms with E-state index in [-0.39, 0.29) is 11.8 Å². The number of nitrogens with one attached hydrogen (secondary N) is 2. The Morgan fingerprint density at radius 1 is 1.36 bits per heavy atom. The summed E-state index contributed by atoms with van der Waals surface area (Å²) in [6.45, 7) is 6.44. The molecule has 4 rings (SSSR count). The summed E-state index contributed by atoms with van der Waals surface area (Å²) in [7, 11) is 1.66. The zero-order chi connectivity index (χ0) is 19.9. The zero-order valence-corrected chi connectivity index (χ0v) is 16.5. The van der Waals surface area contributed by atoms with Crippen molar-refractivity contribution in [3.05, 3.63) is 36.2 Å². The van der Waals surface area contributed by atoms with E-state index in [1.807, 2.05) is 45.2 Å². The highest BCUT2D eigenvalue weighted by Crippen LogP contribution is 2.37. The maximum absolute atomic E-state index is 12.4. The van der Waals surface area contributed by atoms with Crippen LogP contribution in [0.5, 0.6) is 5.75 Å². The standard InChI is InChI=1S/C21H24N4O3/c1-12(11-27-4)24-20-23-10-16-15(9-22-19(16)25-20)13-5-6-14-17(26)8-21(2,3)28-18(14)7-13/h5-7,9-10,12H,8,11H2,1-4H3,(H2,22,23,24,25)/t12-/m0/s1. The largest absolute Gasteiger partial charge is 0.487 e. The number of ketones is 1. The number of rotatable bonds is 5. The summed E-state index contributed by atoms with van der Waals surface area (Å²) >= 11 is 0. The lowest BCUT2D eigenvalue weighted by molar-refractivity contribution is 0.0620. The summed E-state index contributed by atoms with van der Waals surface area (Å²) < 4.78 is 11.2. The second kappa shape index (κ2) is 6.91. The van der Waals surface area contributed by atoms with Gasteiger partial charge >= 0.3 is 0 Å². The van der Waals surface area contributed by atoms with Gasteiger partial charge in [0.2, 0.25) is 5.95 Å². The molecule has 0 amide bonds. The van der Waals surface area contributed by atoms with Crippen LogP contribution in [0.3, 0.4) is 0 Å². The second-order valence-corrected chi connectivity index (χ2v) is 7.83. The second-order valence-electron chi connectivity index (χ2n) is 7.83. The smallest absolute Gasteiger partial charge is 0.224 e. The van der Waals surface area contributed by atoms with Crippen molar-refractivity contribution in [3.8, 4) is 16.9 Å². The summed E-state index contributed by atoms with van der Waals surface area (Å²) in [6, 6.07) is 5.80. The molecule has 2 N–H and O–H groups in total. The first-order valence-corrected chi connectivity index (χ1v) is 9.32. The first-order valence-electron chi connectivity index (χ1n) is 9.32. The fourth-order valence-electron chi connectivity index (χ4n) is 3.55. The Labute approximate surface area is 163 Å². The van der Waals surface area contributed by atoms with Crippen LogP contribution in [0.1, 0.15) is 37.6 Å². The van der Waals surface area contributed by atoms with Crippen LogP contribution in [-0.4, -0.2) is 46.1 Å². The Kier molecular flexibility index (Phi) is 4.55. The Balaban J connectivity index is 1.67. The average Bonchev–Trinajstić information content (AvgIpc) is 3.03. The van der Waals surface area contributed by atoms with E-state index in [9.17, 15) is 4.79 Å². The Morgan fingerprint density at radius 2 is 2.18 bits per heavy atom. The maximum atomic E-state index is 12.4. The fraction of sp³-hybridized carbons (Fsp3) is 0.381. The summed E-state index contributed by atoms with van der Waals surface area (Å²) in [5.41, 5.74) is 2.80. The van der Waals surface area contributed by atoms with Crippen molar-refractivity contribution in [2.24, 2.45) is 0 Å². The van der Waals surface area contributed by atoms with E-state index in [4.69, 9.17) is 9.47 Å². The first-order chi connectivity index (χ1) is 13.4. The number of carbonyl (C=O) groups excluding carboxylic acids is 1. The molecule has 146 valence electrons. The Bertz CT molecular complexity index is 1040. The van der Waals surface area contributed by atoms with Crippen LogP contribution < -0.4 is 10.1 Å². The van der Waals surface area contributed by atoms with Crippen molar-refractivity contribution in [1.29, 1.82) is 0 Å². The first kappa shape index (κ1) is 18.4. The van der Waals surface area contributed by atoms with E-state index in [2.05, 4.69) is 20.3 Å². The summed E-state index contributed by atoms with van der Waals surface area (Å²) in [5, 5.41) is 4.12. The van der Waals surface area contributed by atoms with E-state index in [1.165, 1.54) is 0 Å². The lowest BCUT2D eigenvalue weighted by Gasteiger charge is -2.31. The number of ether oxygens (including phenoxy) is 2. The highest BCUT2D eigenvalue weighted by Gasteiger charge is 2.32. The van der Waals surface area contributed by atoms with Crippen molar-refractivity contribution >= 4 is 22.8 Å². The Morgan fingerprint density at radius 3 is 2.96 bits per heavy atom. The lowest BCUT2D eigenvalue weighted by atomic mass is 9.91. The highest BCUT2D eigenvalue weighted by atomic mass is 16.5. The third kappa shape index (κ3) is 3.45. The quantitative estimate of drug-likeness (QED) is 0.700. The minimum atomic E-state index is -0.495. The molecule has 0 fully saturated rings. The minimum Gasteiger partial charge on any atom is -0.487 e. The molecule has 1 aromatic carbocycles. The molecular weight excluding hydrogens is 356 g/mol. The normalized spacial score (nSPS) is 16.5.